The first-order chi connectivity index (χ1) is 17.7. The Morgan fingerprint density at radius 3 is 2.08 bits per heavy atom. The van der Waals surface area contributed by atoms with E-state index in [0.29, 0.717) is 25.7 Å². The van der Waals surface area contributed by atoms with Crippen molar-refractivity contribution in [2.45, 2.75) is 122 Å². The molecule has 10 heteroatoms. The Labute approximate surface area is 226 Å². The van der Waals surface area contributed by atoms with E-state index in [2.05, 4.69) is 5.92 Å². The van der Waals surface area contributed by atoms with Crippen molar-refractivity contribution in [2.75, 3.05) is 13.7 Å². The molecule has 0 aromatic rings. The Balaban J connectivity index is 1.85. The summed E-state index contributed by atoms with van der Waals surface area (Å²) in [4.78, 5) is 52.6. The second-order valence-corrected chi connectivity index (χ2v) is 11.9. The monoisotopic (exact) mass is 536 g/mol. The van der Waals surface area contributed by atoms with Crippen molar-refractivity contribution >= 4 is 24.2 Å². The van der Waals surface area contributed by atoms with Crippen LogP contribution in [0.15, 0.2) is 0 Å². The summed E-state index contributed by atoms with van der Waals surface area (Å²) < 4.78 is 21.5. The van der Waals surface area contributed by atoms with E-state index in [1.165, 1.54) is 7.11 Å². The maximum Gasteiger partial charge on any atom is 0.419 e. The molecular weight excluding hydrogens is 492 g/mol. The number of hydrogen-bond donors (Lipinski definition) is 0. The molecule has 214 valence electrons. The summed E-state index contributed by atoms with van der Waals surface area (Å²) in [6.07, 6.45) is 8.19. The average molecular weight is 537 g/mol. The summed E-state index contributed by atoms with van der Waals surface area (Å²) in [7, 11) is 1.34. The molecule has 4 atom stereocenters. The fourth-order valence-electron chi connectivity index (χ4n) is 4.96. The van der Waals surface area contributed by atoms with Crippen LogP contribution in [0.3, 0.4) is 0 Å². The zero-order chi connectivity index (χ0) is 28.7. The highest BCUT2D eigenvalue weighted by atomic mass is 16.6. The number of nitrogens with zero attached hydrogens (tertiary/aromatic N) is 2. The summed E-state index contributed by atoms with van der Waals surface area (Å²) in [5.74, 6) is 2.36. The van der Waals surface area contributed by atoms with Gasteiger partial charge in [-0.2, -0.15) is 0 Å². The standard InChI is InChI=1S/C28H44N2O8/c1-9-19-18-20-21(30(19)26(34)35-8)14-13-15-22(20)36-23(31)16-11-10-12-17-29(24(32)37-27(2,3)4)25(33)38-28(5,6)7/h1,19-22H,10-18H2,2-8H3/t19?,20-,21-,22+/m1/s1. The molecule has 0 aromatic carbocycles. The predicted octanol–water partition coefficient (Wildman–Crippen LogP) is 5.27. The second-order valence-electron chi connectivity index (χ2n) is 11.9. The maximum absolute atomic E-state index is 12.6. The molecule has 0 radical (unpaired) electrons. The average Bonchev–Trinajstić information content (AvgIpc) is 3.18. The van der Waals surface area contributed by atoms with E-state index in [1.807, 2.05) is 0 Å². The first kappa shape index (κ1) is 31.3. The summed E-state index contributed by atoms with van der Waals surface area (Å²) in [6, 6.07) is -0.462. The number of hydrogen-bond acceptors (Lipinski definition) is 8. The maximum atomic E-state index is 12.6. The Morgan fingerprint density at radius 2 is 1.55 bits per heavy atom. The van der Waals surface area contributed by atoms with Crippen LogP contribution in [0.1, 0.15) is 92.9 Å². The molecule has 1 aliphatic carbocycles. The minimum Gasteiger partial charge on any atom is -0.462 e. The molecule has 1 saturated carbocycles. The van der Waals surface area contributed by atoms with Gasteiger partial charge >= 0.3 is 24.2 Å². The lowest BCUT2D eigenvalue weighted by Gasteiger charge is -2.36. The van der Waals surface area contributed by atoms with Crippen molar-refractivity contribution in [3.63, 3.8) is 0 Å². The number of fused-ring (bicyclic) bond motifs is 1. The molecule has 1 heterocycles. The van der Waals surface area contributed by atoms with Gasteiger partial charge in [-0.3, -0.25) is 9.69 Å². The SMILES string of the molecule is C#CC1C[C@H]2[C@@H](OC(=O)CCCCCN(C(=O)OC(C)(C)C)C(=O)OC(C)(C)C)CCC[C@H]2N1C(=O)OC. The molecule has 10 nitrogen and oxygen atoms in total. The highest BCUT2D eigenvalue weighted by molar-refractivity contribution is 5.88. The van der Waals surface area contributed by atoms with Crippen molar-refractivity contribution in [3.8, 4) is 12.3 Å². The molecule has 0 bridgehead atoms. The quantitative estimate of drug-likeness (QED) is 0.187. The van der Waals surface area contributed by atoms with Crippen LogP contribution >= 0.6 is 0 Å². The zero-order valence-electron chi connectivity index (χ0n) is 23.9. The number of amides is 3. The van der Waals surface area contributed by atoms with Gasteiger partial charge in [0.2, 0.25) is 0 Å². The summed E-state index contributed by atoms with van der Waals surface area (Å²) >= 11 is 0. The number of methoxy groups -OCH3 is 1. The lowest BCUT2D eigenvalue weighted by molar-refractivity contribution is -0.154. The highest BCUT2D eigenvalue weighted by Gasteiger charge is 2.49. The van der Waals surface area contributed by atoms with Gasteiger partial charge in [-0.15, -0.1) is 6.42 Å². The smallest absolute Gasteiger partial charge is 0.419 e. The lowest BCUT2D eigenvalue weighted by Crippen LogP contribution is -2.46. The van der Waals surface area contributed by atoms with E-state index in [-0.39, 0.29) is 43.0 Å². The van der Waals surface area contributed by atoms with Crippen LogP contribution in [-0.2, 0) is 23.7 Å². The molecule has 2 aliphatic rings. The number of likely N-dealkylation sites (tertiary alicyclic amines) is 1. The summed E-state index contributed by atoms with van der Waals surface area (Å²) in [5, 5.41) is 0. The lowest BCUT2D eigenvalue weighted by atomic mass is 9.82. The number of carbonyl (C=O) groups is 4. The van der Waals surface area contributed by atoms with Crippen molar-refractivity contribution in [2.24, 2.45) is 5.92 Å². The van der Waals surface area contributed by atoms with Gasteiger partial charge in [0.1, 0.15) is 17.3 Å². The Bertz CT molecular complexity index is 870. The van der Waals surface area contributed by atoms with Crippen molar-refractivity contribution in [3.05, 3.63) is 0 Å². The van der Waals surface area contributed by atoms with E-state index in [4.69, 9.17) is 25.4 Å². The van der Waals surface area contributed by atoms with Gasteiger partial charge in [-0.05, 0) is 80.1 Å². The number of terminal acetylenes is 1. The van der Waals surface area contributed by atoms with Crippen LogP contribution in [0.25, 0.3) is 0 Å². The van der Waals surface area contributed by atoms with Crippen LogP contribution in [0.5, 0.6) is 0 Å². The third kappa shape index (κ3) is 9.10. The van der Waals surface area contributed by atoms with Gasteiger partial charge in [0, 0.05) is 24.9 Å². The Morgan fingerprint density at radius 1 is 0.947 bits per heavy atom. The van der Waals surface area contributed by atoms with Gasteiger partial charge in [0.05, 0.1) is 13.2 Å². The first-order valence-electron chi connectivity index (χ1n) is 13.4. The van der Waals surface area contributed by atoms with Gasteiger partial charge in [-0.25, -0.2) is 19.3 Å². The molecule has 1 aliphatic heterocycles. The normalized spacial score (nSPS) is 23.1. The molecule has 3 amide bonds. The third-order valence-corrected chi connectivity index (χ3v) is 6.50. The number of rotatable bonds is 7. The molecule has 2 rings (SSSR count). The molecule has 1 unspecified atom stereocenters. The topological polar surface area (TPSA) is 112 Å². The Kier molecular flexibility index (Phi) is 10.9. The number of unbranched alkanes of at least 4 members (excludes halogenated alkanes) is 2. The molecule has 38 heavy (non-hydrogen) atoms. The predicted molar refractivity (Wildman–Crippen MR) is 140 cm³/mol. The number of esters is 1. The first-order valence-corrected chi connectivity index (χ1v) is 13.4. The zero-order valence-corrected chi connectivity index (χ0v) is 23.9. The molecular formula is C28H44N2O8. The van der Waals surface area contributed by atoms with Crippen LogP contribution in [0, 0.1) is 18.3 Å². The van der Waals surface area contributed by atoms with E-state index < -0.39 is 29.5 Å². The largest absolute Gasteiger partial charge is 0.462 e. The van der Waals surface area contributed by atoms with Crippen molar-refractivity contribution in [1.82, 2.24) is 9.80 Å². The Hall–Kier alpha value is -2.96. The number of ether oxygens (including phenoxy) is 4. The summed E-state index contributed by atoms with van der Waals surface area (Å²) in [5.41, 5.74) is -1.51. The molecule has 2 fully saturated rings. The minimum absolute atomic E-state index is 0.0101. The van der Waals surface area contributed by atoms with Gasteiger partial charge in [0.25, 0.3) is 0 Å². The third-order valence-electron chi connectivity index (χ3n) is 6.50. The molecule has 1 saturated heterocycles. The highest BCUT2D eigenvalue weighted by Crippen LogP contribution is 2.41. The van der Waals surface area contributed by atoms with Gasteiger partial charge in [-0.1, -0.05) is 12.3 Å². The number of imide groups is 1. The van der Waals surface area contributed by atoms with E-state index in [0.717, 1.165) is 24.2 Å². The molecule has 0 spiro atoms. The van der Waals surface area contributed by atoms with Gasteiger partial charge in [0.15, 0.2) is 0 Å². The minimum atomic E-state index is -0.763. The van der Waals surface area contributed by atoms with Crippen molar-refractivity contribution < 1.29 is 38.1 Å². The molecule has 0 aromatic heterocycles. The number of carbonyl (C=O) groups excluding carboxylic acids is 4. The van der Waals surface area contributed by atoms with E-state index >= 15 is 0 Å². The second kappa shape index (κ2) is 13.2. The fraction of sp³-hybridized carbons (Fsp3) is 0.786. The van der Waals surface area contributed by atoms with E-state index in [1.54, 1.807) is 46.4 Å². The van der Waals surface area contributed by atoms with E-state index in [9.17, 15) is 19.2 Å². The van der Waals surface area contributed by atoms with Crippen molar-refractivity contribution in [1.29, 1.82) is 0 Å². The van der Waals surface area contributed by atoms with Crippen LogP contribution in [-0.4, -0.2) is 77.1 Å². The molecule has 0 N–H and O–H groups in total. The van der Waals surface area contributed by atoms with Crippen LogP contribution < -0.4 is 0 Å². The fourth-order valence-corrected chi connectivity index (χ4v) is 4.96. The van der Waals surface area contributed by atoms with Gasteiger partial charge < -0.3 is 18.9 Å². The van der Waals surface area contributed by atoms with Crippen LogP contribution in [0.4, 0.5) is 14.4 Å². The van der Waals surface area contributed by atoms with Crippen LogP contribution in [0.2, 0.25) is 0 Å². The summed E-state index contributed by atoms with van der Waals surface area (Å²) in [6.45, 7) is 10.5.